The molecule has 0 unspecified atom stereocenters. The highest BCUT2D eigenvalue weighted by molar-refractivity contribution is 7.89. The highest BCUT2D eigenvalue weighted by Gasteiger charge is 2.20. The van der Waals surface area contributed by atoms with E-state index >= 15 is 0 Å². The Morgan fingerprint density at radius 1 is 1.03 bits per heavy atom. The van der Waals surface area contributed by atoms with E-state index in [9.17, 15) is 18.0 Å². The molecule has 178 valence electrons. The zero-order valence-corrected chi connectivity index (χ0v) is 19.8. The summed E-state index contributed by atoms with van der Waals surface area (Å²) in [6.07, 6.45) is 3.19. The van der Waals surface area contributed by atoms with Crippen LogP contribution in [0.15, 0.2) is 53.4 Å². The van der Waals surface area contributed by atoms with Crippen molar-refractivity contribution >= 4 is 33.2 Å². The first kappa shape index (κ1) is 24.9. The van der Waals surface area contributed by atoms with Crippen molar-refractivity contribution in [3.63, 3.8) is 0 Å². The minimum atomic E-state index is -3.66. The summed E-state index contributed by atoms with van der Waals surface area (Å²) in [5.74, 6) is -0.499. The summed E-state index contributed by atoms with van der Waals surface area (Å²) in [4.78, 5) is 25.1. The van der Waals surface area contributed by atoms with Crippen LogP contribution < -0.4 is 15.4 Å². The fourth-order valence-corrected chi connectivity index (χ4v) is 4.72. The first-order chi connectivity index (χ1) is 15.8. The summed E-state index contributed by atoms with van der Waals surface area (Å²) in [6.45, 7) is 4.83. The first-order valence-corrected chi connectivity index (χ1v) is 12.7. The number of carbonyl (C=O) groups excluding carboxylic acids is 2. The van der Waals surface area contributed by atoms with Crippen LogP contribution in [0.1, 0.15) is 49.9 Å². The van der Waals surface area contributed by atoms with Crippen LogP contribution in [0.25, 0.3) is 0 Å². The summed E-state index contributed by atoms with van der Waals surface area (Å²) in [6, 6.07) is 12.7. The van der Waals surface area contributed by atoms with Crippen molar-refractivity contribution in [2.75, 3.05) is 23.8 Å². The number of anilines is 2. The number of hydrogen-bond donors (Lipinski definition) is 3. The lowest BCUT2D eigenvalue weighted by Gasteiger charge is -2.13. The smallest absolute Gasteiger partial charge is 0.255 e. The van der Waals surface area contributed by atoms with Crippen LogP contribution in [0.5, 0.6) is 0 Å². The predicted molar refractivity (Wildman–Crippen MR) is 128 cm³/mol. The van der Waals surface area contributed by atoms with Gasteiger partial charge in [-0.1, -0.05) is 19.9 Å². The van der Waals surface area contributed by atoms with Gasteiger partial charge in [0.25, 0.3) is 5.91 Å². The number of rotatable bonds is 10. The third-order valence-corrected chi connectivity index (χ3v) is 7.14. The third kappa shape index (κ3) is 6.86. The molecule has 2 aromatic carbocycles. The molecule has 0 spiro atoms. The second-order valence-electron chi connectivity index (χ2n) is 8.05. The van der Waals surface area contributed by atoms with Crippen LogP contribution in [-0.2, 0) is 19.6 Å². The monoisotopic (exact) mass is 473 g/mol. The standard InChI is InChI=1S/C24H31N3O5S/c1-3-17(4-2)23(28)27-20-8-5-7-18(15-20)24(29)26-19-10-12-22(13-11-19)33(30,31)25-16-21-9-6-14-32-21/h5,7-8,10-13,15,17,21,25H,3-4,6,9,14,16H2,1-2H3,(H,26,29)(H,27,28)/t21-/m0/s1. The highest BCUT2D eigenvalue weighted by Crippen LogP contribution is 2.18. The second-order valence-corrected chi connectivity index (χ2v) is 9.82. The van der Waals surface area contributed by atoms with Gasteiger partial charge in [0.2, 0.25) is 15.9 Å². The van der Waals surface area contributed by atoms with Crippen LogP contribution >= 0.6 is 0 Å². The SMILES string of the molecule is CCC(CC)C(=O)Nc1cccc(C(=O)Nc2ccc(S(=O)(=O)NC[C@@H]3CCCO3)cc2)c1. The number of amides is 2. The molecule has 0 radical (unpaired) electrons. The van der Waals surface area contributed by atoms with E-state index in [1.165, 1.54) is 24.3 Å². The molecule has 1 fully saturated rings. The lowest BCUT2D eigenvalue weighted by Crippen LogP contribution is -2.31. The maximum Gasteiger partial charge on any atom is 0.255 e. The van der Waals surface area contributed by atoms with Gasteiger partial charge in [0.05, 0.1) is 11.0 Å². The summed E-state index contributed by atoms with van der Waals surface area (Å²) in [5, 5.41) is 5.61. The molecule has 33 heavy (non-hydrogen) atoms. The molecule has 8 nitrogen and oxygen atoms in total. The molecule has 0 saturated carbocycles. The lowest BCUT2D eigenvalue weighted by molar-refractivity contribution is -0.120. The molecule has 0 aromatic heterocycles. The maximum atomic E-state index is 12.7. The number of carbonyl (C=O) groups is 2. The van der Waals surface area contributed by atoms with Crippen molar-refractivity contribution in [2.45, 2.75) is 50.5 Å². The summed E-state index contributed by atoms with van der Waals surface area (Å²) >= 11 is 0. The summed E-state index contributed by atoms with van der Waals surface area (Å²) in [7, 11) is -3.66. The minimum Gasteiger partial charge on any atom is -0.377 e. The van der Waals surface area contributed by atoms with E-state index < -0.39 is 10.0 Å². The van der Waals surface area contributed by atoms with Crippen LogP contribution in [0.4, 0.5) is 11.4 Å². The molecular formula is C24H31N3O5S. The molecule has 9 heteroatoms. The average Bonchev–Trinajstić information content (AvgIpc) is 3.33. The highest BCUT2D eigenvalue weighted by atomic mass is 32.2. The van der Waals surface area contributed by atoms with Crippen LogP contribution in [0.3, 0.4) is 0 Å². The van der Waals surface area contributed by atoms with Crippen LogP contribution in [0, 0.1) is 5.92 Å². The first-order valence-electron chi connectivity index (χ1n) is 11.3. The van der Waals surface area contributed by atoms with Gasteiger partial charge in [-0.3, -0.25) is 9.59 Å². The van der Waals surface area contributed by atoms with Gasteiger partial charge in [0.15, 0.2) is 0 Å². The Labute approximate surface area is 195 Å². The van der Waals surface area contributed by atoms with Crippen molar-refractivity contribution in [3.8, 4) is 0 Å². The predicted octanol–water partition coefficient (Wildman–Crippen LogP) is 3.77. The number of nitrogens with one attached hydrogen (secondary N) is 3. The Kier molecular flexibility index (Phi) is 8.60. The zero-order valence-electron chi connectivity index (χ0n) is 19.0. The molecule has 1 saturated heterocycles. The van der Waals surface area contributed by atoms with Gasteiger partial charge in [-0.25, -0.2) is 13.1 Å². The van der Waals surface area contributed by atoms with E-state index in [1.807, 2.05) is 13.8 Å². The maximum absolute atomic E-state index is 12.7. The summed E-state index contributed by atoms with van der Waals surface area (Å²) in [5.41, 5.74) is 1.40. The minimum absolute atomic E-state index is 0.0672. The fourth-order valence-electron chi connectivity index (χ4n) is 3.65. The van der Waals surface area contributed by atoms with Gasteiger partial charge in [-0.05, 0) is 68.1 Å². The van der Waals surface area contributed by atoms with Gasteiger partial charge < -0.3 is 15.4 Å². The van der Waals surface area contributed by atoms with Gasteiger partial charge in [-0.2, -0.15) is 0 Å². The Balaban J connectivity index is 1.60. The quantitative estimate of drug-likeness (QED) is 0.486. The van der Waals surface area contributed by atoms with E-state index in [0.29, 0.717) is 23.5 Å². The Morgan fingerprint density at radius 3 is 2.39 bits per heavy atom. The number of sulfonamides is 1. The zero-order chi connectivity index (χ0) is 23.8. The van der Waals surface area contributed by atoms with Crippen LogP contribution in [-0.4, -0.2) is 39.5 Å². The lowest BCUT2D eigenvalue weighted by atomic mass is 10.0. The van der Waals surface area contributed by atoms with Crippen molar-refractivity contribution in [1.29, 1.82) is 0 Å². The molecule has 1 atom stereocenters. The Bertz CT molecular complexity index is 1060. The number of ether oxygens (including phenoxy) is 1. The largest absolute Gasteiger partial charge is 0.377 e. The van der Waals surface area contributed by atoms with E-state index in [-0.39, 0.29) is 35.3 Å². The molecule has 0 aliphatic carbocycles. The van der Waals surface area contributed by atoms with Crippen molar-refractivity contribution in [2.24, 2.45) is 5.92 Å². The molecule has 0 bridgehead atoms. The molecule has 2 aromatic rings. The summed E-state index contributed by atoms with van der Waals surface area (Å²) < 4.78 is 33.0. The number of hydrogen-bond acceptors (Lipinski definition) is 5. The Morgan fingerprint density at radius 2 is 1.76 bits per heavy atom. The fraction of sp³-hybridized carbons (Fsp3) is 0.417. The normalized spacial score (nSPS) is 16.0. The molecule has 1 aliphatic heterocycles. The van der Waals surface area contributed by atoms with Gasteiger partial charge in [-0.15, -0.1) is 0 Å². The van der Waals surface area contributed by atoms with E-state index in [4.69, 9.17) is 4.74 Å². The molecule has 3 N–H and O–H groups in total. The average molecular weight is 474 g/mol. The second kappa shape index (κ2) is 11.4. The molecule has 3 rings (SSSR count). The number of benzene rings is 2. The molecule has 1 heterocycles. The van der Waals surface area contributed by atoms with E-state index in [0.717, 1.165) is 25.7 Å². The van der Waals surface area contributed by atoms with Gasteiger partial charge in [0, 0.05) is 36.0 Å². The third-order valence-electron chi connectivity index (χ3n) is 5.70. The van der Waals surface area contributed by atoms with E-state index in [2.05, 4.69) is 15.4 Å². The Hall–Kier alpha value is -2.75. The molecule has 1 aliphatic rings. The van der Waals surface area contributed by atoms with E-state index in [1.54, 1.807) is 24.3 Å². The molecule has 2 amide bonds. The van der Waals surface area contributed by atoms with Crippen molar-refractivity contribution in [3.05, 3.63) is 54.1 Å². The van der Waals surface area contributed by atoms with Crippen molar-refractivity contribution in [1.82, 2.24) is 4.72 Å². The van der Waals surface area contributed by atoms with Crippen molar-refractivity contribution < 1.29 is 22.7 Å². The topological polar surface area (TPSA) is 114 Å². The van der Waals surface area contributed by atoms with Gasteiger partial charge in [0.1, 0.15) is 0 Å². The molecular weight excluding hydrogens is 442 g/mol. The van der Waals surface area contributed by atoms with Crippen LogP contribution in [0.2, 0.25) is 0 Å². The van der Waals surface area contributed by atoms with Gasteiger partial charge >= 0.3 is 0 Å².